The van der Waals surface area contributed by atoms with E-state index in [1.54, 1.807) is 4.68 Å². The molecule has 7 heteroatoms. The molecule has 0 radical (unpaired) electrons. The summed E-state index contributed by atoms with van der Waals surface area (Å²) >= 11 is 0. The normalized spacial score (nSPS) is 15.2. The van der Waals surface area contributed by atoms with Crippen LogP contribution in [0.15, 0.2) is 0 Å². The van der Waals surface area contributed by atoms with Gasteiger partial charge in [-0.2, -0.15) is 4.98 Å². The maximum Gasteiger partial charge on any atom is 0.414 e. The van der Waals surface area contributed by atoms with E-state index in [1.807, 2.05) is 20.8 Å². The van der Waals surface area contributed by atoms with Crippen molar-refractivity contribution < 1.29 is 9.53 Å². The second-order valence-electron chi connectivity index (χ2n) is 4.88. The number of hydrogen-bond donors (Lipinski definition) is 2. The molecule has 94 valence electrons. The summed E-state index contributed by atoms with van der Waals surface area (Å²) in [4.78, 5) is 15.7. The third-order valence-corrected chi connectivity index (χ3v) is 2.14. The molecule has 0 spiro atoms. The number of anilines is 1. The van der Waals surface area contributed by atoms with E-state index in [9.17, 15) is 4.79 Å². The number of ether oxygens (including phenoxy) is 1. The van der Waals surface area contributed by atoms with E-state index >= 15 is 0 Å². The van der Waals surface area contributed by atoms with Crippen molar-refractivity contribution >= 4 is 12.0 Å². The average Bonchev–Trinajstić information content (AvgIpc) is 2.55. The van der Waals surface area contributed by atoms with E-state index in [1.165, 1.54) is 0 Å². The first-order valence-corrected chi connectivity index (χ1v) is 5.58. The zero-order valence-electron chi connectivity index (χ0n) is 10.3. The van der Waals surface area contributed by atoms with Gasteiger partial charge in [-0.15, -0.1) is 5.10 Å². The molecule has 0 atom stereocenters. The van der Waals surface area contributed by atoms with E-state index in [0.29, 0.717) is 6.54 Å². The zero-order chi connectivity index (χ0) is 12.5. The first-order valence-electron chi connectivity index (χ1n) is 5.58. The summed E-state index contributed by atoms with van der Waals surface area (Å²) in [5.41, 5.74) is -0.523. The summed E-state index contributed by atoms with van der Waals surface area (Å²) in [6.45, 7) is 7.72. The predicted molar refractivity (Wildman–Crippen MR) is 61.6 cm³/mol. The molecule has 2 heterocycles. The number of aromatic nitrogens is 3. The molecule has 1 aliphatic rings. The highest BCUT2D eigenvalue weighted by atomic mass is 16.6. The van der Waals surface area contributed by atoms with Gasteiger partial charge < -0.3 is 10.1 Å². The SMILES string of the molecule is CC(C)(C)OC(=O)Nc1nc2n(n1)CCNC2. The minimum atomic E-state index is -0.534. The molecule has 2 N–H and O–H groups in total. The Hall–Kier alpha value is -1.63. The van der Waals surface area contributed by atoms with Crippen molar-refractivity contribution in [2.24, 2.45) is 0 Å². The van der Waals surface area contributed by atoms with E-state index in [2.05, 4.69) is 20.7 Å². The monoisotopic (exact) mass is 239 g/mol. The molecule has 0 bridgehead atoms. The molecular weight excluding hydrogens is 222 g/mol. The van der Waals surface area contributed by atoms with Crippen LogP contribution in [0.5, 0.6) is 0 Å². The average molecular weight is 239 g/mol. The summed E-state index contributed by atoms with van der Waals surface area (Å²) in [5, 5.41) is 9.88. The van der Waals surface area contributed by atoms with Crippen LogP contribution in [-0.4, -0.2) is 33.0 Å². The summed E-state index contributed by atoms with van der Waals surface area (Å²) in [6, 6.07) is 0. The Kier molecular flexibility index (Phi) is 3.01. The van der Waals surface area contributed by atoms with Crippen molar-refractivity contribution in [3.8, 4) is 0 Å². The molecular formula is C10H17N5O2. The van der Waals surface area contributed by atoms with E-state index < -0.39 is 11.7 Å². The first-order chi connectivity index (χ1) is 7.94. The Morgan fingerprint density at radius 1 is 1.53 bits per heavy atom. The molecule has 1 aromatic rings. The van der Waals surface area contributed by atoms with Gasteiger partial charge in [0, 0.05) is 6.54 Å². The van der Waals surface area contributed by atoms with Crippen LogP contribution in [0.2, 0.25) is 0 Å². The lowest BCUT2D eigenvalue weighted by Crippen LogP contribution is -2.28. The van der Waals surface area contributed by atoms with Gasteiger partial charge in [-0.05, 0) is 20.8 Å². The van der Waals surface area contributed by atoms with Gasteiger partial charge in [0.25, 0.3) is 5.95 Å². The maximum atomic E-state index is 11.5. The topological polar surface area (TPSA) is 81.1 Å². The molecule has 0 unspecified atom stereocenters. The molecule has 0 saturated heterocycles. The molecule has 17 heavy (non-hydrogen) atoms. The lowest BCUT2D eigenvalue weighted by molar-refractivity contribution is 0.0634. The fraction of sp³-hybridized carbons (Fsp3) is 0.700. The van der Waals surface area contributed by atoms with Crippen molar-refractivity contribution in [1.82, 2.24) is 20.1 Å². The molecule has 0 aromatic carbocycles. The highest BCUT2D eigenvalue weighted by molar-refractivity contribution is 5.82. The molecule has 0 fully saturated rings. The summed E-state index contributed by atoms with van der Waals surface area (Å²) in [6.07, 6.45) is -0.534. The quantitative estimate of drug-likeness (QED) is 0.755. The lowest BCUT2D eigenvalue weighted by atomic mass is 10.2. The molecule has 2 rings (SSSR count). The van der Waals surface area contributed by atoms with Crippen LogP contribution >= 0.6 is 0 Å². The fourth-order valence-corrected chi connectivity index (χ4v) is 1.52. The third kappa shape index (κ3) is 3.16. The second kappa shape index (κ2) is 4.33. The summed E-state index contributed by atoms with van der Waals surface area (Å²) < 4.78 is 6.90. The van der Waals surface area contributed by atoms with Gasteiger partial charge in [-0.3, -0.25) is 5.32 Å². The minimum absolute atomic E-state index is 0.290. The van der Waals surface area contributed by atoms with Crippen LogP contribution in [0.25, 0.3) is 0 Å². The van der Waals surface area contributed by atoms with Crippen LogP contribution in [0.1, 0.15) is 26.6 Å². The Bertz CT molecular complexity index is 397. The number of carbonyl (C=O) groups is 1. The minimum Gasteiger partial charge on any atom is -0.444 e. The van der Waals surface area contributed by atoms with Gasteiger partial charge in [-0.1, -0.05) is 0 Å². The number of nitrogens with zero attached hydrogens (tertiary/aromatic N) is 3. The second-order valence-corrected chi connectivity index (χ2v) is 4.88. The van der Waals surface area contributed by atoms with Crippen LogP contribution in [-0.2, 0) is 17.8 Å². The van der Waals surface area contributed by atoms with Gasteiger partial charge in [0.2, 0.25) is 0 Å². The summed E-state index contributed by atoms with van der Waals surface area (Å²) in [5.74, 6) is 1.11. The van der Waals surface area contributed by atoms with E-state index in [0.717, 1.165) is 18.9 Å². The number of rotatable bonds is 1. The van der Waals surface area contributed by atoms with Crippen molar-refractivity contribution in [1.29, 1.82) is 0 Å². The maximum absolute atomic E-state index is 11.5. The number of nitrogens with one attached hydrogen (secondary N) is 2. The Labute approximate surface area is 99.5 Å². The van der Waals surface area contributed by atoms with Gasteiger partial charge in [0.1, 0.15) is 11.4 Å². The third-order valence-electron chi connectivity index (χ3n) is 2.14. The Balaban J connectivity index is 1.99. The van der Waals surface area contributed by atoms with E-state index in [4.69, 9.17) is 4.74 Å². The predicted octanol–water partition coefficient (Wildman–Crippen LogP) is 0.728. The fourth-order valence-electron chi connectivity index (χ4n) is 1.52. The van der Waals surface area contributed by atoms with Crippen molar-refractivity contribution in [2.75, 3.05) is 11.9 Å². The number of carbonyl (C=O) groups excluding carboxylic acids is 1. The van der Waals surface area contributed by atoms with Crippen molar-refractivity contribution in [2.45, 2.75) is 39.5 Å². The molecule has 0 aliphatic carbocycles. The van der Waals surface area contributed by atoms with Crippen LogP contribution in [0, 0.1) is 0 Å². The molecule has 7 nitrogen and oxygen atoms in total. The van der Waals surface area contributed by atoms with E-state index in [-0.39, 0.29) is 5.95 Å². The largest absolute Gasteiger partial charge is 0.444 e. The summed E-state index contributed by atoms with van der Waals surface area (Å²) in [7, 11) is 0. The number of hydrogen-bond acceptors (Lipinski definition) is 5. The first kappa shape index (κ1) is 11.8. The van der Waals surface area contributed by atoms with Gasteiger partial charge in [-0.25, -0.2) is 9.48 Å². The smallest absolute Gasteiger partial charge is 0.414 e. The van der Waals surface area contributed by atoms with Crippen molar-refractivity contribution in [3.63, 3.8) is 0 Å². The number of fused-ring (bicyclic) bond motifs is 1. The molecule has 1 amide bonds. The highest BCUT2D eigenvalue weighted by Crippen LogP contribution is 2.10. The Morgan fingerprint density at radius 2 is 2.29 bits per heavy atom. The number of amides is 1. The van der Waals surface area contributed by atoms with Crippen LogP contribution < -0.4 is 10.6 Å². The molecule has 0 saturated carbocycles. The standard InChI is InChI=1S/C10H17N5O2/c1-10(2,3)17-9(16)13-8-12-7-6-11-4-5-15(7)14-8/h11H,4-6H2,1-3H3,(H,13,14,16). The highest BCUT2D eigenvalue weighted by Gasteiger charge is 2.19. The van der Waals surface area contributed by atoms with Gasteiger partial charge >= 0.3 is 6.09 Å². The van der Waals surface area contributed by atoms with Gasteiger partial charge in [0.05, 0.1) is 13.1 Å². The molecule has 1 aliphatic heterocycles. The zero-order valence-corrected chi connectivity index (χ0v) is 10.3. The van der Waals surface area contributed by atoms with Crippen molar-refractivity contribution in [3.05, 3.63) is 5.82 Å². The van der Waals surface area contributed by atoms with Gasteiger partial charge in [0.15, 0.2) is 0 Å². The lowest BCUT2D eigenvalue weighted by Gasteiger charge is -2.18. The van der Waals surface area contributed by atoms with Crippen LogP contribution in [0.3, 0.4) is 0 Å². The van der Waals surface area contributed by atoms with Crippen LogP contribution in [0.4, 0.5) is 10.7 Å². The Morgan fingerprint density at radius 3 is 2.94 bits per heavy atom. The molecule has 1 aromatic heterocycles.